The highest BCUT2D eigenvalue weighted by molar-refractivity contribution is 6.33. The van der Waals surface area contributed by atoms with Crippen LogP contribution in [0, 0.1) is 13.0 Å². The summed E-state index contributed by atoms with van der Waals surface area (Å²) in [5, 5.41) is 10.6. The van der Waals surface area contributed by atoms with E-state index in [1.54, 1.807) is 7.11 Å². The van der Waals surface area contributed by atoms with Crippen molar-refractivity contribution in [3.8, 4) is 11.5 Å². The molecule has 0 saturated heterocycles. The molecule has 1 N–H and O–H groups in total. The summed E-state index contributed by atoms with van der Waals surface area (Å²) in [6.07, 6.45) is 3.79. The van der Waals surface area contributed by atoms with Crippen molar-refractivity contribution in [3.63, 3.8) is 0 Å². The summed E-state index contributed by atoms with van der Waals surface area (Å²) in [7, 11) is 1.58. The van der Waals surface area contributed by atoms with Gasteiger partial charge in [-0.25, -0.2) is 0 Å². The van der Waals surface area contributed by atoms with Gasteiger partial charge < -0.3 is 9.84 Å². The number of aromatic hydroxyl groups is 1. The number of benzene rings is 2. The third kappa shape index (κ3) is 3.92. The third-order valence-corrected chi connectivity index (χ3v) is 4.04. The fourth-order valence-corrected chi connectivity index (χ4v) is 2.68. The first kappa shape index (κ1) is 15.7. The number of phenols is 1. The van der Waals surface area contributed by atoms with E-state index in [-0.39, 0.29) is 5.75 Å². The lowest BCUT2D eigenvalue weighted by atomic mass is 10.0. The van der Waals surface area contributed by atoms with Crippen LogP contribution in [-0.2, 0) is 12.8 Å². The predicted molar refractivity (Wildman–Crippen MR) is 86.3 cm³/mol. The molecule has 0 aliphatic heterocycles. The van der Waals surface area contributed by atoms with Gasteiger partial charge in [-0.1, -0.05) is 41.9 Å². The Balaban J connectivity index is 1.99. The molecule has 0 unspecified atom stereocenters. The molecule has 3 heteroatoms. The standard InChI is InChI=1S/C18H20ClO2/c1-13-12-16(20)15(18(21-2)17(13)19)11-7-6-10-14-8-4-3-5-9-14/h3-5,8-9,20H,6-7,10-11H2,1-2H3. The Morgan fingerprint density at radius 3 is 2.48 bits per heavy atom. The fourth-order valence-electron chi connectivity index (χ4n) is 2.44. The summed E-state index contributed by atoms with van der Waals surface area (Å²) in [5.74, 6) is 0.721. The Kier molecular flexibility index (Phi) is 5.51. The van der Waals surface area contributed by atoms with Gasteiger partial charge in [-0.2, -0.15) is 0 Å². The van der Waals surface area contributed by atoms with Crippen LogP contribution in [-0.4, -0.2) is 12.2 Å². The van der Waals surface area contributed by atoms with Crippen molar-refractivity contribution in [2.24, 2.45) is 0 Å². The summed E-state index contributed by atoms with van der Waals surface area (Å²) in [6.45, 7) is 1.81. The zero-order valence-electron chi connectivity index (χ0n) is 12.4. The quantitative estimate of drug-likeness (QED) is 0.782. The van der Waals surface area contributed by atoms with Gasteiger partial charge in [0.05, 0.1) is 12.1 Å². The van der Waals surface area contributed by atoms with E-state index in [4.69, 9.17) is 16.3 Å². The van der Waals surface area contributed by atoms with Gasteiger partial charge in [0.2, 0.25) is 0 Å². The number of hydrogen-bond acceptors (Lipinski definition) is 2. The zero-order valence-corrected chi connectivity index (χ0v) is 13.2. The Hall–Kier alpha value is -1.67. The van der Waals surface area contributed by atoms with E-state index in [9.17, 15) is 5.11 Å². The minimum atomic E-state index is 0.147. The molecule has 0 atom stereocenters. The van der Waals surface area contributed by atoms with Crippen molar-refractivity contribution in [2.45, 2.75) is 32.6 Å². The Bertz CT molecular complexity index is 594. The van der Waals surface area contributed by atoms with E-state index in [1.165, 1.54) is 5.56 Å². The van der Waals surface area contributed by atoms with E-state index in [0.717, 1.165) is 31.2 Å². The normalized spacial score (nSPS) is 10.6. The molecule has 0 amide bonds. The molecule has 2 aromatic carbocycles. The summed E-state index contributed by atoms with van der Waals surface area (Å²) in [5.41, 5.74) is 2.79. The van der Waals surface area contributed by atoms with E-state index >= 15 is 0 Å². The molecule has 0 bridgehead atoms. The Labute approximate surface area is 131 Å². The van der Waals surface area contributed by atoms with Gasteiger partial charge in [-0.15, -0.1) is 0 Å². The van der Waals surface area contributed by atoms with Crippen LogP contribution in [0.4, 0.5) is 0 Å². The number of unbranched alkanes of at least 4 members (excludes halogenated alkanes) is 1. The van der Waals surface area contributed by atoms with Crippen molar-refractivity contribution in [2.75, 3.05) is 7.11 Å². The van der Waals surface area contributed by atoms with Crippen molar-refractivity contribution < 1.29 is 9.84 Å². The van der Waals surface area contributed by atoms with E-state index in [1.807, 2.05) is 13.0 Å². The van der Waals surface area contributed by atoms with Gasteiger partial charge >= 0.3 is 0 Å². The van der Waals surface area contributed by atoms with E-state index < -0.39 is 0 Å². The van der Waals surface area contributed by atoms with E-state index in [0.29, 0.717) is 16.3 Å². The first-order valence-corrected chi connectivity index (χ1v) is 7.52. The fraction of sp³-hybridized carbons (Fsp3) is 0.333. The molecule has 2 rings (SSSR count). The van der Waals surface area contributed by atoms with Crippen LogP contribution in [0.5, 0.6) is 11.5 Å². The molecule has 2 aromatic rings. The van der Waals surface area contributed by atoms with E-state index in [2.05, 4.69) is 30.3 Å². The second-order valence-electron chi connectivity index (χ2n) is 5.12. The van der Waals surface area contributed by atoms with Crippen molar-refractivity contribution in [1.82, 2.24) is 0 Å². The average Bonchev–Trinajstić information content (AvgIpc) is 2.49. The molecule has 0 aromatic heterocycles. The van der Waals surface area contributed by atoms with Gasteiger partial charge in [0.25, 0.3) is 0 Å². The zero-order chi connectivity index (χ0) is 15.2. The van der Waals surface area contributed by atoms with Gasteiger partial charge in [-0.05, 0) is 43.7 Å². The van der Waals surface area contributed by atoms with Gasteiger partial charge in [0, 0.05) is 11.6 Å². The summed E-state index contributed by atoms with van der Waals surface area (Å²) in [4.78, 5) is 0. The second-order valence-corrected chi connectivity index (χ2v) is 5.50. The average molecular weight is 304 g/mol. The number of methoxy groups -OCH3 is 1. The molecular formula is C18H20ClO2. The highest BCUT2D eigenvalue weighted by Crippen LogP contribution is 2.38. The maximum absolute atomic E-state index is 10.0. The van der Waals surface area contributed by atoms with Gasteiger partial charge in [-0.3, -0.25) is 0 Å². The third-order valence-electron chi connectivity index (χ3n) is 3.58. The second kappa shape index (κ2) is 7.37. The molecule has 111 valence electrons. The van der Waals surface area contributed by atoms with Crippen LogP contribution in [0.25, 0.3) is 0 Å². The molecule has 2 nitrogen and oxygen atoms in total. The topological polar surface area (TPSA) is 29.5 Å². The van der Waals surface area contributed by atoms with Gasteiger partial charge in [0.1, 0.15) is 11.5 Å². The van der Waals surface area contributed by atoms with Crippen LogP contribution >= 0.6 is 11.6 Å². The molecule has 1 radical (unpaired) electrons. The Morgan fingerprint density at radius 1 is 1.14 bits per heavy atom. The van der Waals surface area contributed by atoms with Gasteiger partial charge in [0.15, 0.2) is 0 Å². The molecule has 0 fully saturated rings. The van der Waals surface area contributed by atoms with Crippen molar-refractivity contribution >= 4 is 11.6 Å². The number of ether oxygens (including phenoxy) is 1. The van der Waals surface area contributed by atoms with Crippen molar-refractivity contribution in [1.29, 1.82) is 0 Å². The highest BCUT2D eigenvalue weighted by Gasteiger charge is 2.15. The highest BCUT2D eigenvalue weighted by atomic mass is 35.5. The molecule has 0 spiro atoms. The molecule has 0 aliphatic carbocycles. The summed E-state index contributed by atoms with van der Waals surface area (Å²) >= 11 is 6.21. The lowest BCUT2D eigenvalue weighted by Gasteiger charge is -2.13. The number of aryl methyl sites for hydroxylation is 2. The van der Waals surface area contributed by atoms with Crippen LogP contribution in [0.1, 0.15) is 29.5 Å². The molecular weight excluding hydrogens is 284 g/mol. The minimum absolute atomic E-state index is 0.147. The summed E-state index contributed by atoms with van der Waals surface area (Å²) < 4.78 is 5.34. The SMILES string of the molecule is COc1c(Cl)c(C)[c]c(O)c1CCCCc1ccccc1. The maximum Gasteiger partial charge on any atom is 0.144 e. The monoisotopic (exact) mass is 303 g/mol. The number of halogens is 1. The lowest BCUT2D eigenvalue weighted by Crippen LogP contribution is -1.97. The molecule has 21 heavy (non-hydrogen) atoms. The Morgan fingerprint density at radius 2 is 1.81 bits per heavy atom. The predicted octanol–water partition coefficient (Wildman–Crippen LogP) is 4.73. The largest absolute Gasteiger partial charge is 0.507 e. The van der Waals surface area contributed by atoms with Crippen LogP contribution in [0.3, 0.4) is 0 Å². The number of phenolic OH excluding ortho intramolecular Hbond substituents is 1. The molecule has 0 saturated carbocycles. The van der Waals surface area contributed by atoms with Crippen LogP contribution in [0.15, 0.2) is 30.3 Å². The molecule has 0 aliphatic rings. The maximum atomic E-state index is 10.0. The molecule has 0 heterocycles. The number of rotatable bonds is 6. The number of hydrogen-bond donors (Lipinski definition) is 1. The minimum Gasteiger partial charge on any atom is -0.507 e. The smallest absolute Gasteiger partial charge is 0.144 e. The summed E-state index contributed by atoms with van der Waals surface area (Å²) in [6, 6.07) is 13.3. The first-order valence-electron chi connectivity index (χ1n) is 7.14. The van der Waals surface area contributed by atoms with Crippen molar-refractivity contribution in [3.05, 3.63) is 58.1 Å². The van der Waals surface area contributed by atoms with Crippen LogP contribution in [0.2, 0.25) is 5.02 Å². The first-order chi connectivity index (χ1) is 10.1. The lowest BCUT2D eigenvalue weighted by molar-refractivity contribution is 0.398. The van der Waals surface area contributed by atoms with Crippen LogP contribution < -0.4 is 4.74 Å².